The van der Waals surface area contributed by atoms with E-state index in [1.54, 1.807) is 0 Å². The van der Waals surface area contributed by atoms with Gasteiger partial charge in [-0.25, -0.2) is 0 Å². The molecule has 2 N–H and O–H groups in total. The molecule has 2 nitrogen and oxygen atoms in total. The third kappa shape index (κ3) is 0.799. The molecule has 0 spiro atoms. The predicted molar refractivity (Wildman–Crippen MR) is 26.9 cm³/mol. The van der Waals surface area contributed by atoms with Crippen LogP contribution in [0.5, 0.6) is 0 Å². The number of rotatable bonds is 0. The average molecular weight is 100 g/mol. The van der Waals surface area contributed by atoms with Crippen LogP contribution in [0.15, 0.2) is 0 Å². The van der Waals surface area contributed by atoms with Crippen LogP contribution in [-0.4, -0.2) is 29.1 Å². The van der Waals surface area contributed by atoms with Crippen LogP contribution in [-0.2, 0) is 0 Å². The van der Waals surface area contributed by atoms with E-state index in [0.29, 0.717) is 5.79 Å². The first-order chi connectivity index (χ1) is 2.89. The maximum atomic E-state index is 3.17. The largest absolute Gasteiger partial charge is 0.304 e. The number of nitrogens with one attached hydrogen (secondary N) is 2. The van der Waals surface area contributed by atoms with Crippen molar-refractivity contribution in [1.29, 1.82) is 0 Å². The molecule has 3 heteroatoms. The molecule has 0 aliphatic carbocycles. The second kappa shape index (κ2) is 1.73. The van der Waals surface area contributed by atoms with Crippen LogP contribution in [0.4, 0.5) is 0 Å². The average Bonchev–Trinajstić information content (AvgIpc) is 1.86. The first kappa shape index (κ1) is 4.30. The van der Waals surface area contributed by atoms with E-state index in [-0.39, 0.29) is 0 Å². The Balaban J connectivity index is 2.18. The van der Waals surface area contributed by atoms with Crippen molar-refractivity contribution in [2.45, 2.75) is 5.79 Å². The summed E-state index contributed by atoms with van der Waals surface area (Å²) in [7, 11) is 2.65. The van der Waals surface area contributed by atoms with Gasteiger partial charge in [-0.3, -0.25) is 0 Å². The summed E-state index contributed by atoms with van der Waals surface area (Å²) < 4.78 is 0. The Hall–Kier alpha value is 0.137. The molecule has 1 saturated heterocycles. The third-order valence-electron chi connectivity index (χ3n) is 0.854. The Labute approximate surface area is 40.7 Å². The topological polar surface area (TPSA) is 24.1 Å². The van der Waals surface area contributed by atoms with Crippen LogP contribution in [0.1, 0.15) is 0 Å². The fraction of sp³-hybridized carbons (Fsp3) is 1.00. The molecule has 2 radical (unpaired) electrons. The van der Waals surface area contributed by atoms with Crippen LogP contribution in [0.2, 0.25) is 0 Å². The Morgan fingerprint density at radius 1 is 1.33 bits per heavy atom. The van der Waals surface area contributed by atoms with Crippen molar-refractivity contribution in [3.05, 3.63) is 0 Å². The van der Waals surface area contributed by atoms with Gasteiger partial charge in [-0.2, -0.15) is 0 Å². The zero-order chi connectivity index (χ0) is 4.41. The van der Waals surface area contributed by atoms with E-state index in [1.807, 2.05) is 0 Å². The van der Waals surface area contributed by atoms with Gasteiger partial charge in [0.05, 0.1) is 10.2 Å². The monoisotopic (exact) mass is 100 g/mol. The molecule has 1 heterocycles. The quantitative estimate of drug-likeness (QED) is 0.357. The molecular weight excluding hydrogens is 92.1 g/mol. The fourth-order valence-corrected chi connectivity index (χ4v) is 0.861. The first-order valence-electron chi connectivity index (χ1n) is 2.12. The van der Waals surface area contributed by atoms with Gasteiger partial charge in [0.1, 0.15) is 0 Å². The standard InChI is InChI=1S/C3H8N2Si/c6-3-4-1-2-5-3/h3-6H,1-2H2. The van der Waals surface area contributed by atoms with Gasteiger partial charge in [-0.05, 0) is 0 Å². The highest BCUT2D eigenvalue weighted by molar-refractivity contribution is 6.11. The summed E-state index contributed by atoms with van der Waals surface area (Å²) >= 11 is 0. The normalized spacial score (nSPS) is 25.5. The molecule has 0 unspecified atom stereocenters. The summed E-state index contributed by atoms with van der Waals surface area (Å²) in [5.41, 5.74) is 0. The molecule has 0 aromatic rings. The second-order valence-electron chi connectivity index (χ2n) is 1.39. The lowest BCUT2D eigenvalue weighted by Crippen LogP contribution is -2.30. The molecule has 1 aliphatic rings. The summed E-state index contributed by atoms with van der Waals surface area (Å²) in [5.74, 6) is 0.463. The van der Waals surface area contributed by atoms with Crippen molar-refractivity contribution in [2.75, 3.05) is 13.1 Å². The summed E-state index contributed by atoms with van der Waals surface area (Å²) in [5, 5.41) is 6.34. The fourth-order valence-electron chi connectivity index (χ4n) is 0.528. The molecule has 0 saturated carbocycles. The summed E-state index contributed by atoms with van der Waals surface area (Å²) in [6.07, 6.45) is 0. The van der Waals surface area contributed by atoms with Gasteiger partial charge in [-0.15, -0.1) is 0 Å². The molecular formula is C3H8N2Si. The highest BCUT2D eigenvalue weighted by atomic mass is 28.1. The van der Waals surface area contributed by atoms with Crippen molar-refractivity contribution >= 4 is 10.2 Å². The molecule has 6 heavy (non-hydrogen) atoms. The molecule has 0 aromatic heterocycles. The molecule has 0 atom stereocenters. The minimum atomic E-state index is 0.463. The minimum Gasteiger partial charge on any atom is -0.304 e. The Morgan fingerprint density at radius 3 is 2.00 bits per heavy atom. The van der Waals surface area contributed by atoms with Crippen LogP contribution < -0.4 is 10.6 Å². The van der Waals surface area contributed by atoms with Crippen LogP contribution >= 0.6 is 0 Å². The molecule has 34 valence electrons. The Kier molecular flexibility index (Phi) is 1.24. The van der Waals surface area contributed by atoms with Crippen molar-refractivity contribution in [3.8, 4) is 0 Å². The molecule has 1 fully saturated rings. The van der Waals surface area contributed by atoms with E-state index in [1.165, 1.54) is 0 Å². The molecule has 1 rings (SSSR count). The predicted octanol–water partition coefficient (Wildman–Crippen LogP) is -1.64. The smallest absolute Gasteiger partial charge is 0.0591 e. The van der Waals surface area contributed by atoms with E-state index < -0.39 is 0 Å². The van der Waals surface area contributed by atoms with Gasteiger partial charge in [0.25, 0.3) is 0 Å². The molecule has 1 aliphatic heterocycles. The summed E-state index contributed by atoms with van der Waals surface area (Å²) in [6, 6.07) is 0. The van der Waals surface area contributed by atoms with E-state index in [0.717, 1.165) is 13.1 Å². The highest BCUT2D eigenvalue weighted by Crippen LogP contribution is 1.73. The zero-order valence-electron chi connectivity index (χ0n) is 3.57. The van der Waals surface area contributed by atoms with Gasteiger partial charge >= 0.3 is 0 Å². The number of hydrogen-bond acceptors (Lipinski definition) is 2. The molecule has 0 amide bonds. The van der Waals surface area contributed by atoms with Crippen molar-refractivity contribution in [1.82, 2.24) is 10.6 Å². The van der Waals surface area contributed by atoms with E-state index in [2.05, 4.69) is 20.9 Å². The van der Waals surface area contributed by atoms with E-state index >= 15 is 0 Å². The van der Waals surface area contributed by atoms with Crippen LogP contribution in [0.25, 0.3) is 0 Å². The highest BCUT2D eigenvalue weighted by Gasteiger charge is 2.03. The summed E-state index contributed by atoms with van der Waals surface area (Å²) in [4.78, 5) is 0. The minimum absolute atomic E-state index is 0.463. The number of hydrogen-bond donors (Lipinski definition) is 2. The first-order valence-corrected chi connectivity index (χ1v) is 2.78. The van der Waals surface area contributed by atoms with Crippen molar-refractivity contribution in [2.24, 2.45) is 0 Å². The van der Waals surface area contributed by atoms with Gasteiger partial charge in [0, 0.05) is 18.9 Å². The maximum Gasteiger partial charge on any atom is 0.0591 e. The van der Waals surface area contributed by atoms with Crippen LogP contribution in [0.3, 0.4) is 0 Å². The lowest BCUT2D eigenvalue weighted by atomic mass is 10.7. The van der Waals surface area contributed by atoms with Gasteiger partial charge in [0.2, 0.25) is 0 Å². The van der Waals surface area contributed by atoms with Crippen molar-refractivity contribution < 1.29 is 0 Å². The second-order valence-corrected chi connectivity index (χ2v) is 2.05. The lowest BCUT2D eigenvalue weighted by Gasteiger charge is -1.96. The van der Waals surface area contributed by atoms with E-state index in [4.69, 9.17) is 0 Å². The molecule has 0 aromatic carbocycles. The molecule has 0 bridgehead atoms. The SMILES string of the molecule is [SiH]C1NCCN1. The van der Waals surface area contributed by atoms with Crippen LogP contribution in [0, 0.1) is 0 Å². The van der Waals surface area contributed by atoms with Crippen molar-refractivity contribution in [3.63, 3.8) is 0 Å². The van der Waals surface area contributed by atoms with Gasteiger partial charge in [-0.1, -0.05) is 0 Å². The van der Waals surface area contributed by atoms with Gasteiger partial charge in [0.15, 0.2) is 0 Å². The zero-order valence-corrected chi connectivity index (χ0v) is 4.72. The Morgan fingerprint density at radius 2 is 1.83 bits per heavy atom. The third-order valence-corrected chi connectivity index (χ3v) is 1.32. The lowest BCUT2D eigenvalue weighted by molar-refractivity contribution is 0.732. The maximum absolute atomic E-state index is 3.17. The van der Waals surface area contributed by atoms with Gasteiger partial charge < -0.3 is 10.6 Å². The Bertz CT molecular complexity index is 42.1. The summed E-state index contributed by atoms with van der Waals surface area (Å²) in [6.45, 7) is 2.21. The van der Waals surface area contributed by atoms with E-state index in [9.17, 15) is 0 Å².